The van der Waals surface area contributed by atoms with E-state index in [4.69, 9.17) is 4.74 Å². The largest absolute Gasteiger partial charge is 0.491 e. The van der Waals surface area contributed by atoms with Gasteiger partial charge in [-0.05, 0) is 58.0 Å². The van der Waals surface area contributed by atoms with Crippen molar-refractivity contribution in [3.8, 4) is 5.75 Å². The van der Waals surface area contributed by atoms with Gasteiger partial charge in [-0.15, -0.1) is 24.8 Å². The lowest BCUT2D eigenvalue weighted by atomic mass is 9.98. The quantitative estimate of drug-likeness (QED) is 0.572. The monoisotopic (exact) mass is 393 g/mol. The molecule has 1 unspecified atom stereocenters. The van der Waals surface area contributed by atoms with Gasteiger partial charge < -0.3 is 14.7 Å². The first kappa shape index (κ1) is 26.3. The van der Waals surface area contributed by atoms with Gasteiger partial charge in [0.15, 0.2) is 0 Å². The number of aliphatic carboxylic acids is 1. The maximum Gasteiger partial charge on any atom is 0.306 e. The topological polar surface area (TPSA) is 49.8 Å². The summed E-state index contributed by atoms with van der Waals surface area (Å²) in [4.78, 5) is 13.5. The van der Waals surface area contributed by atoms with Crippen LogP contribution in [0.3, 0.4) is 0 Å². The second-order valence-electron chi connectivity index (χ2n) is 6.51. The molecule has 0 radical (unpaired) electrons. The van der Waals surface area contributed by atoms with E-state index in [2.05, 4.69) is 24.0 Å². The number of benzene rings is 1. The van der Waals surface area contributed by atoms with Crippen LogP contribution in [0.2, 0.25) is 0 Å². The molecule has 0 aliphatic heterocycles. The lowest BCUT2D eigenvalue weighted by Gasteiger charge is -2.20. The van der Waals surface area contributed by atoms with Crippen molar-refractivity contribution in [1.29, 1.82) is 0 Å². The van der Waals surface area contributed by atoms with Gasteiger partial charge in [-0.1, -0.05) is 31.9 Å². The highest BCUT2D eigenvalue weighted by atomic mass is 35.5. The highest BCUT2D eigenvalue weighted by Gasteiger charge is 2.17. The first-order valence-corrected chi connectivity index (χ1v) is 8.59. The van der Waals surface area contributed by atoms with Crippen LogP contribution in [0.15, 0.2) is 24.3 Å². The Morgan fingerprint density at radius 2 is 1.76 bits per heavy atom. The maximum atomic E-state index is 11.3. The minimum atomic E-state index is -0.665. The normalized spacial score (nSPS) is 11.6. The molecule has 1 N–H and O–H groups in total. The maximum absolute atomic E-state index is 11.3. The van der Waals surface area contributed by atoms with Crippen molar-refractivity contribution in [3.63, 3.8) is 0 Å². The molecule has 4 nitrogen and oxygen atoms in total. The Balaban J connectivity index is 0. The molecule has 0 spiro atoms. The summed E-state index contributed by atoms with van der Waals surface area (Å²) in [5.74, 6) is -0.00170. The van der Waals surface area contributed by atoms with Crippen LogP contribution in [0.1, 0.15) is 52.0 Å². The van der Waals surface area contributed by atoms with Gasteiger partial charge in [-0.2, -0.15) is 0 Å². The molecule has 0 fully saturated rings. The van der Waals surface area contributed by atoms with Crippen LogP contribution in [0, 0.1) is 5.92 Å². The van der Waals surface area contributed by atoms with Crippen LogP contribution in [-0.2, 0) is 11.3 Å². The summed E-state index contributed by atoms with van der Waals surface area (Å²) in [7, 11) is 2.04. The van der Waals surface area contributed by atoms with Crippen LogP contribution in [-0.4, -0.2) is 35.7 Å². The SMILES string of the molecule is CCCCC(CCN(C)Cc1ccc(OC(C)C)cc1)C(=O)O.Cl.Cl. The molecule has 25 heavy (non-hydrogen) atoms. The van der Waals surface area contributed by atoms with Crippen molar-refractivity contribution in [1.82, 2.24) is 4.90 Å². The number of hydrogen-bond acceptors (Lipinski definition) is 3. The van der Waals surface area contributed by atoms with Crippen LogP contribution >= 0.6 is 24.8 Å². The molecule has 0 aliphatic rings. The number of unbranched alkanes of at least 4 members (excludes halogenated alkanes) is 1. The van der Waals surface area contributed by atoms with Gasteiger partial charge in [0.2, 0.25) is 0 Å². The first-order chi connectivity index (χ1) is 10.9. The van der Waals surface area contributed by atoms with E-state index in [9.17, 15) is 9.90 Å². The zero-order chi connectivity index (χ0) is 17.2. The number of carboxylic acid groups (broad SMARTS) is 1. The highest BCUT2D eigenvalue weighted by Crippen LogP contribution is 2.17. The van der Waals surface area contributed by atoms with Gasteiger partial charge in [0.25, 0.3) is 0 Å². The van der Waals surface area contributed by atoms with E-state index in [1.807, 2.05) is 33.0 Å². The molecule has 1 aromatic rings. The van der Waals surface area contributed by atoms with Gasteiger partial charge in [0, 0.05) is 6.54 Å². The molecule has 0 aliphatic carbocycles. The van der Waals surface area contributed by atoms with E-state index in [-0.39, 0.29) is 36.8 Å². The Morgan fingerprint density at radius 3 is 2.24 bits per heavy atom. The number of nitrogens with zero attached hydrogens (tertiary/aromatic N) is 1. The van der Waals surface area contributed by atoms with Crippen molar-refractivity contribution in [3.05, 3.63) is 29.8 Å². The predicted octanol–water partition coefficient (Wildman–Crippen LogP) is 5.03. The van der Waals surface area contributed by atoms with Crippen molar-refractivity contribution in [2.24, 2.45) is 5.92 Å². The standard InChI is InChI=1S/C19H31NO3.2ClH/c1-5-6-7-17(19(21)22)12-13-20(4)14-16-8-10-18(11-9-16)23-15(2)3;;/h8-11,15,17H,5-7,12-14H2,1-4H3,(H,21,22);2*1H. The molecule has 1 rings (SSSR count). The molecule has 0 amide bonds. The fourth-order valence-electron chi connectivity index (χ4n) is 2.55. The summed E-state index contributed by atoms with van der Waals surface area (Å²) >= 11 is 0. The molecule has 0 saturated heterocycles. The molecular formula is C19H33Cl2NO3. The Labute approximate surface area is 164 Å². The average molecular weight is 394 g/mol. The molecule has 146 valence electrons. The molecule has 6 heteroatoms. The van der Waals surface area contributed by atoms with E-state index in [1.165, 1.54) is 5.56 Å². The average Bonchev–Trinajstić information content (AvgIpc) is 2.48. The van der Waals surface area contributed by atoms with Gasteiger partial charge >= 0.3 is 5.97 Å². The van der Waals surface area contributed by atoms with Crippen molar-refractivity contribution < 1.29 is 14.6 Å². The number of hydrogen-bond donors (Lipinski definition) is 1. The smallest absolute Gasteiger partial charge is 0.306 e. The summed E-state index contributed by atoms with van der Waals surface area (Å²) in [6.45, 7) is 7.74. The number of ether oxygens (including phenoxy) is 1. The van der Waals surface area contributed by atoms with E-state index < -0.39 is 5.97 Å². The Morgan fingerprint density at radius 1 is 1.16 bits per heavy atom. The fourth-order valence-corrected chi connectivity index (χ4v) is 2.55. The van der Waals surface area contributed by atoms with Crippen molar-refractivity contribution in [2.45, 2.75) is 59.1 Å². The Hall–Kier alpha value is -0.970. The molecule has 0 bridgehead atoms. The third-order valence-electron chi connectivity index (χ3n) is 3.86. The number of halogens is 2. The van der Waals surface area contributed by atoms with Crippen LogP contribution in [0.25, 0.3) is 0 Å². The predicted molar refractivity (Wildman–Crippen MR) is 108 cm³/mol. The Bertz CT molecular complexity index is 466. The summed E-state index contributed by atoms with van der Waals surface area (Å²) in [6, 6.07) is 8.12. The zero-order valence-corrected chi connectivity index (χ0v) is 17.4. The summed E-state index contributed by atoms with van der Waals surface area (Å²) in [5, 5.41) is 9.27. The molecule has 0 saturated carbocycles. The zero-order valence-electron chi connectivity index (χ0n) is 15.7. The minimum absolute atomic E-state index is 0. The summed E-state index contributed by atoms with van der Waals surface area (Å²) in [5.41, 5.74) is 1.21. The summed E-state index contributed by atoms with van der Waals surface area (Å²) < 4.78 is 5.64. The lowest BCUT2D eigenvalue weighted by Crippen LogP contribution is -2.24. The van der Waals surface area contributed by atoms with Gasteiger partial charge in [-0.3, -0.25) is 4.79 Å². The fraction of sp³-hybridized carbons (Fsp3) is 0.632. The van der Waals surface area contributed by atoms with Crippen molar-refractivity contribution in [2.75, 3.05) is 13.6 Å². The second kappa shape index (κ2) is 14.2. The van der Waals surface area contributed by atoms with Crippen LogP contribution in [0.4, 0.5) is 0 Å². The van der Waals surface area contributed by atoms with Crippen LogP contribution in [0.5, 0.6) is 5.75 Å². The number of carboxylic acids is 1. The van der Waals surface area contributed by atoms with E-state index >= 15 is 0 Å². The molecule has 1 aromatic carbocycles. The van der Waals surface area contributed by atoms with Crippen molar-refractivity contribution >= 4 is 30.8 Å². The molecule has 0 heterocycles. The highest BCUT2D eigenvalue weighted by molar-refractivity contribution is 5.85. The van der Waals surface area contributed by atoms with E-state index in [1.54, 1.807) is 0 Å². The van der Waals surface area contributed by atoms with Gasteiger partial charge in [-0.25, -0.2) is 0 Å². The lowest BCUT2D eigenvalue weighted by molar-refractivity contribution is -0.142. The second-order valence-corrected chi connectivity index (χ2v) is 6.51. The Kier molecular flexibility index (Phi) is 14.9. The number of rotatable bonds is 11. The van der Waals surface area contributed by atoms with E-state index in [0.29, 0.717) is 6.42 Å². The third-order valence-corrected chi connectivity index (χ3v) is 3.86. The minimum Gasteiger partial charge on any atom is -0.491 e. The molecular weight excluding hydrogens is 361 g/mol. The molecule has 0 aromatic heterocycles. The van der Waals surface area contributed by atoms with E-state index in [0.717, 1.165) is 38.1 Å². The summed E-state index contributed by atoms with van der Waals surface area (Å²) in [6.07, 6.45) is 3.70. The van der Waals surface area contributed by atoms with Crippen LogP contribution < -0.4 is 4.74 Å². The third kappa shape index (κ3) is 11.3. The first-order valence-electron chi connectivity index (χ1n) is 8.59. The molecule has 1 atom stereocenters. The van der Waals surface area contributed by atoms with Gasteiger partial charge in [0.05, 0.1) is 12.0 Å². The number of carbonyl (C=O) groups is 1. The van der Waals surface area contributed by atoms with Gasteiger partial charge in [0.1, 0.15) is 5.75 Å².